The minimum absolute atomic E-state index is 0.0903. The van der Waals surface area contributed by atoms with Crippen LogP contribution in [-0.4, -0.2) is 11.0 Å². The molecule has 0 aliphatic heterocycles. The van der Waals surface area contributed by atoms with Gasteiger partial charge in [-0.25, -0.2) is 0 Å². The number of phenolic OH excluding ortho intramolecular Hbond substituents is 1. The molecule has 0 fully saturated rings. The predicted octanol–water partition coefficient (Wildman–Crippen LogP) is 4.35. The molecule has 0 aliphatic carbocycles. The van der Waals surface area contributed by atoms with Gasteiger partial charge in [-0.2, -0.15) is 0 Å². The molecule has 0 unspecified atom stereocenters. The third-order valence-corrected chi connectivity index (χ3v) is 3.05. The Balaban J connectivity index is 2.06. The smallest absolute Gasteiger partial charge is 0.248 e. The highest BCUT2D eigenvalue weighted by atomic mass is 35.5. The average Bonchev–Trinajstić information content (AvgIpc) is 2.37. The number of hydrogen-bond donors (Lipinski definition) is 2. The zero-order valence-corrected chi connectivity index (χ0v) is 11.8. The fourth-order valence-electron chi connectivity index (χ4n) is 1.57. The molecule has 1 amide bonds. The first-order valence-electron chi connectivity index (χ1n) is 5.78. The molecule has 0 atom stereocenters. The van der Waals surface area contributed by atoms with E-state index in [0.29, 0.717) is 21.3 Å². The first-order chi connectivity index (χ1) is 9.54. The van der Waals surface area contributed by atoms with Gasteiger partial charge in [0.05, 0.1) is 0 Å². The Bertz CT molecular complexity index is 669. The van der Waals surface area contributed by atoms with Gasteiger partial charge in [0.1, 0.15) is 5.75 Å². The van der Waals surface area contributed by atoms with Crippen molar-refractivity contribution in [1.29, 1.82) is 0 Å². The summed E-state index contributed by atoms with van der Waals surface area (Å²) in [5.41, 5.74) is 1.21. The van der Waals surface area contributed by atoms with Crippen molar-refractivity contribution in [2.45, 2.75) is 0 Å². The van der Waals surface area contributed by atoms with Gasteiger partial charge in [0, 0.05) is 27.9 Å². The molecule has 3 nitrogen and oxygen atoms in total. The highest BCUT2D eigenvalue weighted by molar-refractivity contribution is 6.35. The summed E-state index contributed by atoms with van der Waals surface area (Å²) in [6, 6.07) is 11.3. The Morgan fingerprint density at radius 1 is 1.15 bits per heavy atom. The Labute approximate surface area is 126 Å². The molecule has 0 bridgehead atoms. The van der Waals surface area contributed by atoms with Crippen LogP contribution in [0, 0.1) is 0 Å². The lowest BCUT2D eigenvalue weighted by Crippen LogP contribution is -2.07. The SMILES string of the molecule is O=C(/C=C/c1ccc(Cl)cc1Cl)Nc1cccc(O)c1. The van der Waals surface area contributed by atoms with Crippen molar-refractivity contribution in [2.24, 2.45) is 0 Å². The average molecular weight is 308 g/mol. The van der Waals surface area contributed by atoms with E-state index >= 15 is 0 Å². The van der Waals surface area contributed by atoms with Crippen molar-refractivity contribution in [3.63, 3.8) is 0 Å². The van der Waals surface area contributed by atoms with Crippen LogP contribution in [0.4, 0.5) is 5.69 Å². The van der Waals surface area contributed by atoms with Crippen LogP contribution in [-0.2, 0) is 4.79 Å². The van der Waals surface area contributed by atoms with Crippen LogP contribution in [0.25, 0.3) is 6.08 Å². The molecule has 102 valence electrons. The molecule has 0 heterocycles. The Morgan fingerprint density at radius 3 is 2.65 bits per heavy atom. The van der Waals surface area contributed by atoms with Crippen LogP contribution in [0.15, 0.2) is 48.5 Å². The maximum atomic E-state index is 11.7. The third kappa shape index (κ3) is 4.02. The second-order valence-corrected chi connectivity index (χ2v) is 4.88. The summed E-state index contributed by atoms with van der Waals surface area (Å²) >= 11 is 11.8. The van der Waals surface area contributed by atoms with Crippen LogP contribution < -0.4 is 5.32 Å². The van der Waals surface area contributed by atoms with Gasteiger partial charge in [-0.15, -0.1) is 0 Å². The number of anilines is 1. The summed E-state index contributed by atoms with van der Waals surface area (Å²) in [5.74, 6) is -0.228. The highest BCUT2D eigenvalue weighted by Crippen LogP contribution is 2.22. The quantitative estimate of drug-likeness (QED) is 0.828. The molecule has 2 N–H and O–H groups in total. The summed E-state index contributed by atoms with van der Waals surface area (Å²) in [5, 5.41) is 12.9. The number of rotatable bonds is 3. The Morgan fingerprint density at radius 2 is 1.95 bits per heavy atom. The molecular weight excluding hydrogens is 297 g/mol. The molecular formula is C15H11Cl2NO2. The van der Waals surface area contributed by atoms with Crippen LogP contribution in [0.2, 0.25) is 10.0 Å². The second kappa shape index (κ2) is 6.46. The maximum absolute atomic E-state index is 11.7. The van der Waals surface area contributed by atoms with Crippen molar-refractivity contribution in [3.8, 4) is 5.75 Å². The van der Waals surface area contributed by atoms with Crippen LogP contribution >= 0.6 is 23.2 Å². The van der Waals surface area contributed by atoms with E-state index in [4.69, 9.17) is 23.2 Å². The molecule has 2 rings (SSSR count). The van der Waals surface area contributed by atoms with E-state index in [9.17, 15) is 9.90 Å². The van der Waals surface area contributed by atoms with Crippen molar-refractivity contribution in [2.75, 3.05) is 5.32 Å². The van der Waals surface area contributed by atoms with Gasteiger partial charge in [-0.1, -0.05) is 35.3 Å². The maximum Gasteiger partial charge on any atom is 0.248 e. The lowest BCUT2D eigenvalue weighted by atomic mass is 10.2. The third-order valence-electron chi connectivity index (χ3n) is 2.49. The molecule has 0 aromatic heterocycles. The minimum Gasteiger partial charge on any atom is -0.508 e. The van der Waals surface area contributed by atoms with Crippen molar-refractivity contribution >= 4 is 40.9 Å². The number of nitrogens with one attached hydrogen (secondary N) is 1. The first-order valence-corrected chi connectivity index (χ1v) is 6.53. The molecule has 0 aliphatic rings. The fourth-order valence-corrected chi connectivity index (χ4v) is 2.04. The molecule has 0 saturated heterocycles. The largest absolute Gasteiger partial charge is 0.508 e. The van der Waals surface area contributed by atoms with Gasteiger partial charge in [-0.3, -0.25) is 4.79 Å². The molecule has 20 heavy (non-hydrogen) atoms. The molecule has 0 spiro atoms. The van der Waals surface area contributed by atoms with Crippen molar-refractivity contribution in [1.82, 2.24) is 0 Å². The van der Waals surface area contributed by atoms with E-state index in [0.717, 1.165) is 0 Å². The summed E-state index contributed by atoms with van der Waals surface area (Å²) < 4.78 is 0. The van der Waals surface area contributed by atoms with E-state index in [-0.39, 0.29) is 11.7 Å². The first kappa shape index (κ1) is 14.4. The number of phenols is 1. The second-order valence-electron chi connectivity index (χ2n) is 4.04. The lowest BCUT2D eigenvalue weighted by molar-refractivity contribution is -0.111. The molecule has 0 radical (unpaired) electrons. The standard InChI is InChI=1S/C15H11Cl2NO2/c16-11-6-4-10(14(17)8-11)5-7-15(20)18-12-2-1-3-13(19)9-12/h1-9,19H,(H,18,20)/b7-5+. The monoisotopic (exact) mass is 307 g/mol. The Hall–Kier alpha value is -1.97. The van der Waals surface area contributed by atoms with Gasteiger partial charge in [0.2, 0.25) is 5.91 Å². The van der Waals surface area contributed by atoms with Gasteiger partial charge in [-0.05, 0) is 35.9 Å². The van der Waals surface area contributed by atoms with E-state index in [1.54, 1.807) is 36.4 Å². The summed E-state index contributed by atoms with van der Waals surface area (Å²) in [7, 11) is 0. The molecule has 0 saturated carbocycles. The van der Waals surface area contributed by atoms with Crippen LogP contribution in [0.5, 0.6) is 5.75 Å². The van der Waals surface area contributed by atoms with Crippen molar-refractivity contribution < 1.29 is 9.90 Å². The van der Waals surface area contributed by atoms with Crippen LogP contribution in [0.3, 0.4) is 0 Å². The number of hydrogen-bond acceptors (Lipinski definition) is 2. The van der Waals surface area contributed by atoms with E-state index in [2.05, 4.69) is 5.32 Å². The zero-order chi connectivity index (χ0) is 14.5. The van der Waals surface area contributed by atoms with Gasteiger partial charge in [0.25, 0.3) is 0 Å². The Kier molecular flexibility index (Phi) is 4.66. The highest BCUT2D eigenvalue weighted by Gasteiger charge is 2.01. The number of amides is 1. The number of aromatic hydroxyl groups is 1. The van der Waals surface area contributed by atoms with E-state index in [1.165, 1.54) is 18.2 Å². The number of carbonyl (C=O) groups excluding carboxylic acids is 1. The predicted molar refractivity (Wildman–Crippen MR) is 82.2 cm³/mol. The van der Waals surface area contributed by atoms with Crippen LogP contribution in [0.1, 0.15) is 5.56 Å². The number of carbonyl (C=O) groups is 1. The zero-order valence-electron chi connectivity index (χ0n) is 10.3. The molecule has 5 heteroatoms. The minimum atomic E-state index is -0.318. The number of benzene rings is 2. The topological polar surface area (TPSA) is 49.3 Å². The number of halogens is 2. The molecule has 2 aromatic carbocycles. The van der Waals surface area contributed by atoms with Gasteiger partial charge >= 0.3 is 0 Å². The van der Waals surface area contributed by atoms with E-state index in [1.807, 2.05) is 0 Å². The lowest BCUT2D eigenvalue weighted by Gasteiger charge is -2.02. The summed E-state index contributed by atoms with van der Waals surface area (Å²) in [6.45, 7) is 0. The molecule has 2 aromatic rings. The van der Waals surface area contributed by atoms with Gasteiger partial charge < -0.3 is 10.4 Å². The van der Waals surface area contributed by atoms with E-state index < -0.39 is 0 Å². The normalized spacial score (nSPS) is 10.7. The summed E-state index contributed by atoms with van der Waals surface area (Å²) in [6.07, 6.45) is 2.95. The van der Waals surface area contributed by atoms with Crippen molar-refractivity contribution in [3.05, 3.63) is 64.1 Å². The van der Waals surface area contributed by atoms with Gasteiger partial charge in [0.15, 0.2) is 0 Å². The fraction of sp³-hybridized carbons (Fsp3) is 0. The summed E-state index contributed by atoms with van der Waals surface area (Å²) in [4.78, 5) is 11.7.